The van der Waals surface area contributed by atoms with Gasteiger partial charge in [0.05, 0.1) is 30.9 Å². The third kappa shape index (κ3) is 4.12. The lowest BCUT2D eigenvalue weighted by molar-refractivity contribution is -0.132. The SMILES string of the molecule is CCOC(=O)c1ccc(N2C(=O)C(=O)/C(=C(\O)c3c[nH]c4ccccc34)C2c2ccc(OC)cc2)cc1. The monoisotopic (exact) mass is 496 g/mol. The standard InChI is InChI=1S/C29H24N2O6/c1-3-37-29(35)18-8-12-19(13-9-18)31-25(17-10-14-20(36-2)15-11-17)24(27(33)28(31)34)26(32)22-16-30-23-7-5-4-6-21(22)23/h4-16,25,30,32H,3H2,1-2H3/b26-24-. The third-order valence-corrected chi connectivity index (χ3v) is 6.38. The highest BCUT2D eigenvalue weighted by Crippen LogP contribution is 2.43. The highest BCUT2D eigenvalue weighted by molar-refractivity contribution is 6.51. The molecule has 3 aromatic carbocycles. The molecule has 0 saturated carbocycles. The molecule has 8 nitrogen and oxygen atoms in total. The zero-order valence-corrected chi connectivity index (χ0v) is 20.2. The molecule has 8 heteroatoms. The lowest BCUT2D eigenvalue weighted by Crippen LogP contribution is -2.29. The minimum atomic E-state index is -0.909. The molecule has 5 rings (SSSR count). The number of rotatable bonds is 6. The number of methoxy groups -OCH3 is 1. The van der Waals surface area contributed by atoms with E-state index in [9.17, 15) is 19.5 Å². The van der Waals surface area contributed by atoms with Gasteiger partial charge < -0.3 is 19.6 Å². The van der Waals surface area contributed by atoms with Gasteiger partial charge in [-0.05, 0) is 55.0 Å². The Morgan fingerprint density at radius 3 is 2.38 bits per heavy atom. The number of para-hydroxylation sites is 1. The molecule has 2 heterocycles. The molecule has 1 atom stereocenters. The van der Waals surface area contributed by atoms with Gasteiger partial charge in [-0.1, -0.05) is 30.3 Å². The molecule has 0 radical (unpaired) electrons. The van der Waals surface area contributed by atoms with Gasteiger partial charge in [0.15, 0.2) is 0 Å². The van der Waals surface area contributed by atoms with Crippen molar-refractivity contribution >= 4 is 40.0 Å². The molecule has 37 heavy (non-hydrogen) atoms. The van der Waals surface area contributed by atoms with Crippen LogP contribution in [-0.4, -0.2) is 41.5 Å². The zero-order valence-electron chi connectivity index (χ0n) is 20.2. The van der Waals surface area contributed by atoms with Crippen LogP contribution in [0.1, 0.15) is 34.5 Å². The lowest BCUT2D eigenvalue weighted by atomic mass is 9.95. The summed E-state index contributed by atoms with van der Waals surface area (Å²) in [6.45, 7) is 1.95. The number of benzene rings is 3. The number of ether oxygens (including phenoxy) is 2. The number of Topliss-reactive ketones (excluding diaryl/α,β-unsaturated/α-hetero) is 1. The molecule has 0 aliphatic carbocycles. The summed E-state index contributed by atoms with van der Waals surface area (Å²) in [5, 5.41) is 12.2. The van der Waals surface area contributed by atoms with Crippen molar-refractivity contribution in [3.05, 3.63) is 101 Å². The summed E-state index contributed by atoms with van der Waals surface area (Å²) >= 11 is 0. The predicted molar refractivity (Wildman–Crippen MR) is 138 cm³/mol. The van der Waals surface area contributed by atoms with Crippen LogP contribution in [0.5, 0.6) is 5.75 Å². The number of aliphatic hydroxyl groups is 1. The van der Waals surface area contributed by atoms with Gasteiger partial charge >= 0.3 is 5.97 Å². The number of aliphatic hydroxyl groups excluding tert-OH is 1. The van der Waals surface area contributed by atoms with Crippen LogP contribution in [-0.2, 0) is 14.3 Å². The Bertz CT molecular complexity index is 1530. The summed E-state index contributed by atoms with van der Waals surface area (Å²) in [6, 6.07) is 19.7. The molecule has 1 aromatic heterocycles. The predicted octanol–water partition coefficient (Wildman–Crippen LogP) is 4.98. The fourth-order valence-corrected chi connectivity index (χ4v) is 4.59. The topological polar surface area (TPSA) is 109 Å². The first-order chi connectivity index (χ1) is 17.9. The van der Waals surface area contributed by atoms with E-state index in [1.165, 1.54) is 17.0 Å². The fourth-order valence-electron chi connectivity index (χ4n) is 4.59. The Hall–Kier alpha value is -4.85. The molecule has 2 N–H and O–H groups in total. The zero-order chi connectivity index (χ0) is 26.1. The number of hydrogen-bond donors (Lipinski definition) is 2. The largest absolute Gasteiger partial charge is 0.507 e. The second-order valence-electron chi connectivity index (χ2n) is 8.46. The number of ketones is 1. The molecule has 0 spiro atoms. The van der Waals surface area contributed by atoms with Crippen molar-refractivity contribution in [2.45, 2.75) is 13.0 Å². The van der Waals surface area contributed by atoms with Crippen LogP contribution in [0.4, 0.5) is 5.69 Å². The second kappa shape index (κ2) is 9.66. The number of carbonyl (C=O) groups excluding carboxylic acids is 3. The van der Waals surface area contributed by atoms with Gasteiger partial charge in [0, 0.05) is 28.4 Å². The summed E-state index contributed by atoms with van der Waals surface area (Å²) in [5.74, 6) is -1.75. The van der Waals surface area contributed by atoms with E-state index < -0.39 is 23.7 Å². The average Bonchev–Trinajstić information content (AvgIpc) is 3.47. The van der Waals surface area contributed by atoms with Gasteiger partial charge in [-0.3, -0.25) is 14.5 Å². The van der Waals surface area contributed by atoms with Crippen molar-refractivity contribution in [2.24, 2.45) is 0 Å². The fraction of sp³-hybridized carbons (Fsp3) is 0.138. The van der Waals surface area contributed by atoms with Crippen LogP contribution >= 0.6 is 0 Å². The highest BCUT2D eigenvalue weighted by atomic mass is 16.5. The molecule has 4 aromatic rings. The van der Waals surface area contributed by atoms with E-state index in [2.05, 4.69) is 4.98 Å². The van der Waals surface area contributed by atoms with Crippen molar-refractivity contribution in [3.8, 4) is 5.75 Å². The third-order valence-electron chi connectivity index (χ3n) is 6.38. The van der Waals surface area contributed by atoms with E-state index in [-0.39, 0.29) is 17.9 Å². The van der Waals surface area contributed by atoms with Crippen LogP contribution in [0.15, 0.2) is 84.6 Å². The minimum absolute atomic E-state index is 0.0330. The Balaban J connectivity index is 1.67. The Labute approximate surface area is 212 Å². The summed E-state index contributed by atoms with van der Waals surface area (Å²) < 4.78 is 10.3. The van der Waals surface area contributed by atoms with Crippen LogP contribution in [0, 0.1) is 0 Å². The Kier molecular flexibility index (Phi) is 6.23. The summed E-state index contributed by atoms with van der Waals surface area (Å²) in [4.78, 5) is 43.3. The maximum absolute atomic E-state index is 13.4. The number of nitrogens with zero attached hydrogens (tertiary/aromatic N) is 1. The Morgan fingerprint density at radius 1 is 1.00 bits per heavy atom. The van der Waals surface area contributed by atoms with E-state index >= 15 is 0 Å². The number of H-pyrrole nitrogens is 1. The van der Waals surface area contributed by atoms with E-state index in [0.29, 0.717) is 28.1 Å². The quantitative estimate of drug-likeness (QED) is 0.169. The van der Waals surface area contributed by atoms with Crippen LogP contribution < -0.4 is 9.64 Å². The number of aromatic amines is 1. The van der Waals surface area contributed by atoms with Crippen LogP contribution in [0.2, 0.25) is 0 Å². The average molecular weight is 497 g/mol. The summed E-state index contributed by atoms with van der Waals surface area (Å²) in [6.07, 6.45) is 1.62. The van der Waals surface area contributed by atoms with Gasteiger partial charge in [-0.2, -0.15) is 0 Å². The van der Waals surface area contributed by atoms with Crippen molar-refractivity contribution in [1.29, 1.82) is 0 Å². The van der Waals surface area contributed by atoms with Crippen LogP contribution in [0.3, 0.4) is 0 Å². The number of hydrogen-bond acceptors (Lipinski definition) is 6. The molecule has 0 bridgehead atoms. The maximum atomic E-state index is 13.4. The number of aromatic nitrogens is 1. The molecule has 186 valence electrons. The number of esters is 1. The van der Waals surface area contributed by atoms with E-state index in [0.717, 1.165) is 10.9 Å². The molecular formula is C29H24N2O6. The molecule has 1 aliphatic heterocycles. The Morgan fingerprint density at radius 2 is 1.70 bits per heavy atom. The van der Waals surface area contributed by atoms with Gasteiger partial charge in [-0.25, -0.2) is 4.79 Å². The summed E-state index contributed by atoms with van der Waals surface area (Å²) in [7, 11) is 1.54. The first-order valence-electron chi connectivity index (χ1n) is 11.7. The lowest BCUT2D eigenvalue weighted by Gasteiger charge is -2.25. The molecule has 1 amide bonds. The van der Waals surface area contributed by atoms with E-state index in [1.54, 1.807) is 56.6 Å². The minimum Gasteiger partial charge on any atom is -0.507 e. The number of nitrogens with one attached hydrogen (secondary N) is 1. The maximum Gasteiger partial charge on any atom is 0.338 e. The van der Waals surface area contributed by atoms with Gasteiger partial charge in [0.2, 0.25) is 0 Å². The van der Waals surface area contributed by atoms with E-state index in [4.69, 9.17) is 9.47 Å². The smallest absolute Gasteiger partial charge is 0.338 e. The number of fused-ring (bicyclic) bond motifs is 1. The number of carbonyl (C=O) groups is 3. The van der Waals surface area contributed by atoms with Gasteiger partial charge in [-0.15, -0.1) is 0 Å². The van der Waals surface area contributed by atoms with Crippen molar-refractivity contribution in [1.82, 2.24) is 4.98 Å². The molecule has 1 unspecified atom stereocenters. The normalized spacial score (nSPS) is 16.8. The molecule has 1 aliphatic rings. The second-order valence-corrected chi connectivity index (χ2v) is 8.46. The molecular weight excluding hydrogens is 472 g/mol. The van der Waals surface area contributed by atoms with Gasteiger partial charge in [0.25, 0.3) is 11.7 Å². The van der Waals surface area contributed by atoms with Crippen molar-refractivity contribution in [3.63, 3.8) is 0 Å². The number of amides is 1. The van der Waals surface area contributed by atoms with Crippen molar-refractivity contribution < 1.29 is 29.0 Å². The summed E-state index contributed by atoms with van der Waals surface area (Å²) in [5.41, 5.74) is 2.50. The first-order valence-corrected chi connectivity index (χ1v) is 11.7. The van der Waals surface area contributed by atoms with Crippen molar-refractivity contribution in [2.75, 3.05) is 18.6 Å². The number of anilines is 1. The highest BCUT2D eigenvalue weighted by Gasteiger charge is 2.47. The molecule has 1 fully saturated rings. The van der Waals surface area contributed by atoms with E-state index in [1.807, 2.05) is 24.3 Å². The van der Waals surface area contributed by atoms with Gasteiger partial charge in [0.1, 0.15) is 11.5 Å². The van der Waals surface area contributed by atoms with Crippen LogP contribution in [0.25, 0.3) is 16.7 Å². The molecule has 1 saturated heterocycles. The first kappa shape index (κ1) is 23.9.